The van der Waals surface area contributed by atoms with Gasteiger partial charge in [0.05, 0.1) is 0 Å². The fourth-order valence-corrected chi connectivity index (χ4v) is 0.302. The molecule has 0 aliphatic rings. The van der Waals surface area contributed by atoms with Crippen molar-refractivity contribution >= 4 is 0 Å². The van der Waals surface area contributed by atoms with Crippen LogP contribution in [0.3, 0.4) is 0 Å². The molecule has 0 aromatic carbocycles. The van der Waals surface area contributed by atoms with E-state index in [1.165, 1.54) is 0 Å². The quantitative estimate of drug-likeness (QED) is 0.317. The van der Waals surface area contributed by atoms with Gasteiger partial charge in [-0.3, -0.25) is 0 Å². The minimum Gasteiger partial charge on any atom is -0.0934 e. The molecule has 0 aromatic rings. The zero-order chi connectivity index (χ0) is 7.33. The first kappa shape index (κ1) is 8.31. The fraction of sp³-hybridized carbons (Fsp3) is 0.833. The van der Waals surface area contributed by atoms with E-state index in [4.69, 9.17) is 5.53 Å². The largest absolute Gasteiger partial charge is 0.0934 e. The molecule has 0 aliphatic carbocycles. The second kappa shape index (κ2) is 3.36. The Hall–Kier alpha value is -0.690. The van der Waals surface area contributed by atoms with Gasteiger partial charge in [0.15, 0.2) is 0 Å². The molecule has 0 aliphatic heterocycles. The number of azide groups is 1. The number of rotatable bonds is 3. The lowest BCUT2D eigenvalue weighted by atomic mass is 9.91. The third kappa shape index (κ3) is 3.86. The average Bonchev–Trinajstić information content (AvgIpc) is 1.84. The summed E-state index contributed by atoms with van der Waals surface area (Å²) in [6.45, 7) is 8.31. The Bertz CT molecular complexity index is 122. The van der Waals surface area contributed by atoms with Crippen molar-refractivity contribution in [2.24, 2.45) is 10.5 Å². The Morgan fingerprint density at radius 1 is 1.67 bits per heavy atom. The highest BCUT2D eigenvalue weighted by Gasteiger charge is 2.12. The van der Waals surface area contributed by atoms with Crippen LogP contribution in [0.1, 0.15) is 20.3 Å². The van der Waals surface area contributed by atoms with Gasteiger partial charge in [0.25, 0.3) is 0 Å². The van der Waals surface area contributed by atoms with Crippen LogP contribution in [0.4, 0.5) is 0 Å². The number of hydrogen-bond acceptors (Lipinski definition) is 1. The molecule has 51 valence electrons. The van der Waals surface area contributed by atoms with E-state index >= 15 is 0 Å². The molecule has 1 radical (unpaired) electrons. The summed E-state index contributed by atoms with van der Waals surface area (Å²) < 4.78 is 0. The van der Waals surface area contributed by atoms with Crippen molar-refractivity contribution in [2.45, 2.75) is 20.3 Å². The van der Waals surface area contributed by atoms with Gasteiger partial charge in [-0.15, -0.1) is 0 Å². The zero-order valence-electron chi connectivity index (χ0n) is 5.96. The molecule has 0 bridgehead atoms. The first-order valence-corrected chi connectivity index (χ1v) is 2.92. The second-order valence-electron chi connectivity index (χ2n) is 2.80. The van der Waals surface area contributed by atoms with Gasteiger partial charge < -0.3 is 0 Å². The van der Waals surface area contributed by atoms with E-state index in [-0.39, 0.29) is 5.41 Å². The van der Waals surface area contributed by atoms with Crippen LogP contribution in [0.15, 0.2) is 5.11 Å². The molecule has 0 rings (SSSR count). The van der Waals surface area contributed by atoms with Gasteiger partial charge >= 0.3 is 0 Å². The molecule has 0 unspecified atom stereocenters. The third-order valence-electron chi connectivity index (χ3n) is 1.24. The zero-order valence-corrected chi connectivity index (χ0v) is 5.96. The average molecular weight is 126 g/mol. The Labute approximate surface area is 55.7 Å². The second-order valence-corrected chi connectivity index (χ2v) is 2.80. The fourth-order valence-electron chi connectivity index (χ4n) is 0.302. The van der Waals surface area contributed by atoms with Crippen LogP contribution >= 0.6 is 0 Å². The van der Waals surface area contributed by atoms with E-state index in [9.17, 15) is 0 Å². The lowest BCUT2D eigenvalue weighted by molar-refractivity contribution is 0.383. The maximum atomic E-state index is 7.96. The van der Waals surface area contributed by atoms with Crippen molar-refractivity contribution in [1.29, 1.82) is 0 Å². The topological polar surface area (TPSA) is 48.8 Å². The van der Waals surface area contributed by atoms with E-state index in [1.807, 2.05) is 13.8 Å². The molecule has 0 saturated carbocycles. The first-order valence-electron chi connectivity index (χ1n) is 2.92. The third-order valence-corrected chi connectivity index (χ3v) is 1.24. The highest BCUT2D eigenvalue weighted by molar-refractivity contribution is 4.72. The summed E-state index contributed by atoms with van der Waals surface area (Å²) in [4.78, 5) is 2.67. The molecular formula is C6H12N3. The van der Waals surface area contributed by atoms with Crippen molar-refractivity contribution < 1.29 is 0 Å². The minimum absolute atomic E-state index is 0.0617. The molecule has 9 heavy (non-hydrogen) atoms. The Morgan fingerprint density at radius 3 is 2.56 bits per heavy atom. The van der Waals surface area contributed by atoms with Gasteiger partial charge in [-0.2, -0.15) is 0 Å². The van der Waals surface area contributed by atoms with Gasteiger partial charge in [0.1, 0.15) is 0 Å². The summed E-state index contributed by atoms with van der Waals surface area (Å²) >= 11 is 0. The Kier molecular flexibility index (Phi) is 3.10. The van der Waals surface area contributed by atoms with E-state index in [2.05, 4.69) is 16.9 Å². The minimum atomic E-state index is 0.0617. The van der Waals surface area contributed by atoms with Crippen LogP contribution in [0.5, 0.6) is 0 Å². The van der Waals surface area contributed by atoms with Gasteiger partial charge in [-0.05, 0) is 17.4 Å². The highest BCUT2D eigenvalue weighted by atomic mass is 15.1. The maximum Gasteiger partial charge on any atom is 0.0309 e. The van der Waals surface area contributed by atoms with E-state index in [0.717, 1.165) is 6.42 Å². The monoisotopic (exact) mass is 126 g/mol. The number of hydrogen-bond donors (Lipinski definition) is 0. The van der Waals surface area contributed by atoms with Gasteiger partial charge in [-0.25, -0.2) is 0 Å². The number of nitrogens with zero attached hydrogens (tertiary/aromatic N) is 3. The van der Waals surface area contributed by atoms with Gasteiger partial charge in [0.2, 0.25) is 0 Å². The summed E-state index contributed by atoms with van der Waals surface area (Å²) in [7, 11) is 0. The van der Waals surface area contributed by atoms with Crippen molar-refractivity contribution in [3.63, 3.8) is 0 Å². The first-order chi connectivity index (χ1) is 4.12. The molecule has 0 atom stereocenters. The normalized spacial score (nSPS) is 10.6. The van der Waals surface area contributed by atoms with Crippen LogP contribution in [-0.4, -0.2) is 6.54 Å². The van der Waals surface area contributed by atoms with Gasteiger partial charge in [0, 0.05) is 11.5 Å². The summed E-state index contributed by atoms with van der Waals surface area (Å²) in [5, 5.41) is 3.45. The molecule has 0 heterocycles. The lowest BCUT2D eigenvalue weighted by Gasteiger charge is -2.18. The molecule has 0 aromatic heterocycles. The van der Waals surface area contributed by atoms with Crippen molar-refractivity contribution in [3.05, 3.63) is 17.4 Å². The van der Waals surface area contributed by atoms with Crippen molar-refractivity contribution in [2.75, 3.05) is 6.54 Å². The Morgan fingerprint density at radius 2 is 2.22 bits per heavy atom. The lowest BCUT2D eigenvalue weighted by Crippen LogP contribution is -2.12. The molecule has 0 saturated heterocycles. The van der Waals surface area contributed by atoms with Crippen molar-refractivity contribution in [3.8, 4) is 0 Å². The summed E-state index contributed by atoms with van der Waals surface area (Å²) in [5.74, 6) is 0. The summed E-state index contributed by atoms with van der Waals surface area (Å²) in [5.41, 5.74) is 8.02. The highest BCUT2D eigenvalue weighted by Crippen LogP contribution is 2.18. The SMILES string of the molecule is [CH2]CC(C)(C)CN=[N+]=[N-]. The van der Waals surface area contributed by atoms with Crippen LogP contribution in [0.2, 0.25) is 0 Å². The standard InChI is InChI=1S/C6H12N3/c1-4-6(2,3)5-8-9-7/h1,4-5H2,2-3H3. The molecule has 0 N–H and O–H groups in total. The molecule has 0 spiro atoms. The van der Waals surface area contributed by atoms with Crippen LogP contribution in [0, 0.1) is 12.3 Å². The molecule has 3 heteroatoms. The van der Waals surface area contributed by atoms with E-state index in [0.29, 0.717) is 6.54 Å². The van der Waals surface area contributed by atoms with Gasteiger partial charge in [-0.1, -0.05) is 25.9 Å². The van der Waals surface area contributed by atoms with Crippen LogP contribution in [0.25, 0.3) is 10.4 Å². The van der Waals surface area contributed by atoms with E-state index in [1.54, 1.807) is 0 Å². The predicted octanol–water partition coefficient (Wildman–Crippen LogP) is 2.55. The predicted molar refractivity (Wildman–Crippen MR) is 37.8 cm³/mol. The smallest absolute Gasteiger partial charge is 0.0309 e. The van der Waals surface area contributed by atoms with Crippen molar-refractivity contribution in [1.82, 2.24) is 0 Å². The van der Waals surface area contributed by atoms with Crippen LogP contribution < -0.4 is 0 Å². The summed E-state index contributed by atoms with van der Waals surface area (Å²) in [6.07, 6.45) is 0.798. The summed E-state index contributed by atoms with van der Waals surface area (Å²) in [6, 6.07) is 0. The maximum absolute atomic E-state index is 7.96. The molecule has 0 amide bonds. The van der Waals surface area contributed by atoms with E-state index < -0.39 is 0 Å². The Balaban J connectivity index is 3.71. The van der Waals surface area contributed by atoms with Crippen LogP contribution in [-0.2, 0) is 0 Å². The molecular weight excluding hydrogens is 114 g/mol. The molecule has 0 fully saturated rings. The molecule has 3 nitrogen and oxygen atoms in total.